The van der Waals surface area contributed by atoms with Crippen LogP contribution < -0.4 is 4.31 Å². The highest BCUT2D eigenvalue weighted by molar-refractivity contribution is 8.09. The maximum atomic E-state index is 12.8. The average molecular weight is 383 g/mol. The van der Waals surface area contributed by atoms with Crippen LogP contribution in [0, 0.1) is 0 Å². The first-order chi connectivity index (χ1) is 13.0. The number of rotatable bonds is 3. The molecule has 3 aromatic rings. The Bertz CT molecular complexity index is 963. The fourth-order valence-corrected chi connectivity index (χ4v) is 4.14. The summed E-state index contributed by atoms with van der Waals surface area (Å²) in [5.41, 5.74) is 3.48. The maximum absolute atomic E-state index is 12.8. The van der Waals surface area contributed by atoms with Crippen molar-refractivity contribution in [2.45, 2.75) is 12.7 Å². The van der Waals surface area contributed by atoms with Gasteiger partial charge in [0.15, 0.2) is 0 Å². The Morgan fingerprint density at radius 3 is 2.15 bits per heavy atom. The summed E-state index contributed by atoms with van der Waals surface area (Å²) in [5, 5.41) is 0. The molecule has 4 rings (SSSR count). The van der Waals surface area contributed by atoms with Gasteiger partial charge < -0.3 is 4.31 Å². The Morgan fingerprint density at radius 1 is 0.778 bits per heavy atom. The highest BCUT2D eigenvalue weighted by atomic mass is 32.2. The van der Waals surface area contributed by atoms with Crippen molar-refractivity contribution < 1.29 is 13.2 Å². The second kappa shape index (κ2) is 7.16. The summed E-state index contributed by atoms with van der Waals surface area (Å²) in [4.78, 5) is 0.929. The highest BCUT2D eigenvalue weighted by Crippen LogP contribution is 2.44. The molecule has 0 saturated heterocycles. The molecule has 0 N–H and O–H groups in total. The van der Waals surface area contributed by atoms with Gasteiger partial charge in [-0.3, -0.25) is 0 Å². The third-order valence-corrected chi connectivity index (χ3v) is 5.46. The van der Waals surface area contributed by atoms with Gasteiger partial charge in [0.25, 0.3) is 0 Å². The lowest BCUT2D eigenvalue weighted by atomic mass is 10.1. The van der Waals surface area contributed by atoms with Crippen LogP contribution in [-0.4, -0.2) is 0 Å². The van der Waals surface area contributed by atoms with Crippen LogP contribution in [0.4, 0.5) is 18.9 Å². The molecule has 0 aliphatic carbocycles. The first-order valence-electron chi connectivity index (χ1n) is 8.48. The second-order valence-corrected chi connectivity index (χ2v) is 7.32. The number of alkyl halides is 3. The molecule has 0 bridgehead atoms. The Hall–Kier alpha value is -2.66. The van der Waals surface area contributed by atoms with Gasteiger partial charge in [-0.25, -0.2) is 0 Å². The minimum absolute atomic E-state index is 0.630. The Morgan fingerprint density at radius 2 is 1.44 bits per heavy atom. The summed E-state index contributed by atoms with van der Waals surface area (Å²) in [6.07, 6.45) is -2.29. The van der Waals surface area contributed by atoms with E-state index in [4.69, 9.17) is 0 Å². The van der Waals surface area contributed by atoms with Crippen LogP contribution >= 0.6 is 11.9 Å². The van der Waals surface area contributed by atoms with Crippen molar-refractivity contribution in [2.24, 2.45) is 0 Å². The van der Waals surface area contributed by atoms with Crippen molar-refractivity contribution in [1.82, 2.24) is 0 Å². The minimum Gasteiger partial charge on any atom is -0.307 e. The normalized spacial score (nSPS) is 13.9. The van der Waals surface area contributed by atoms with Crippen LogP contribution in [0.5, 0.6) is 0 Å². The van der Waals surface area contributed by atoms with Crippen molar-refractivity contribution in [3.05, 3.63) is 101 Å². The number of hydrogen-bond acceptors (Lipinski definition) is 2. The van der Waals surface area contributed by atoms with E-state index in [9.17, 15) is 13.2 Å². The monoisotopic (exact) mass is 383 g/mol. The van der Waals surface area contributed by atoms with Crippen LogP contribution in [0.3, 0.4) is 0 Å². The Labute approximate surface area is 160 Å². The molecule has 0 spiro atoms. The summed E-state index contributed by atoms with van der Waals surface area (Å²) >= 11 is 1.55. The fourth-order valence-electron chi connectivity index (χ4n) is 3.00. The van der Waals surface area contributed by atoms with E-state index in [1.165, 1.54) is 17.7 Å². The van der Waals surface area contributed by atoms with Crippen LogP contribution in [0.25, 0.3) is 11.0 Å². The third-order valence-electron chi connectivity index (χ3n) is 4.37. The molecule has 0 amide bonds. The predicted octanol–water partition coefficient (Wildman–Crippen LogP) is 6.87. The van der Waals surface area contributed by atoms with Crippen molar-refractivity contribution in [1.29, 1.82) is 0 Å². The first-order valence-corrected chi connectivity index (χ1v) is 9.26. The smallest absolute Gasteiger partial charge is 0.307 e. The van der Waals surface area contributed by atoms with E-state index >= 15 is 0 Å². The van der Waals surface area contributed by atoms with Crippen LogP contribution in [0.15, 0.2) is 78.9 Å². The van der Waals surface area contributed by atoms with E-state index < -0.39 is 11.7 Å². The van der Waals surface area contributed by atoms with E-state index in [0.29, 0.717) is 6.54 Å². The molecule has 27 heavy (non-hydrogen) atoms. The molecule has 1 aliphatic heterocycles. The molecule has 1 nitrogen and oxygen atoms in total. The highest BCUT2D eigenvalue weighted by Gasteiger charge is 2.30. The SMILES string of the molecule is FC(F)(F)c1ccc(C2=Cc3ccccc3N(Cc3ccccc3)S2)cc1. The van der Waals surface area contributed by atoms with Gasteiger partial charge in [0.1, 0.15) is 0 Å². The molecule has 0 fully saturated rings. The topological polar surface area (TPSA) is 3.24 Å². The van der Waals surface area contributed by atoms with Gasteiger partial charge >= 0.3 is 6.18 Å². The minimum atomic E-state index is -4.32. The lowest BCUT2D eigenvalue weighted by Gasteiger charge is -2.30. The molecule has 0 saturated carbocycles. The second-order valence-electron chi connectivity index (χ2n) is 6.26. The zero-order valence-corrected chi connectivity index (χ0v) is 15.1. The number of para-hydroxylation sites is 1. The molecule has 5 heteroatoms. The van der Waals surface area contributed by atoms with Crippen LogP contribution in [0.2, 0.25) is 0 Å². The number of benzene rings is 3. The quantitative estimate of drug-likeness (QED) is 0.454. The summed E-state index contributed by atoms with van der Waals surface area (Å²) in [5.74, 6) is 0. The van der Waals surface area contributed by atoms with Crippen molar-refractivity contribution in [3.8, 4) is 0 Å². The van der Waals surface area contributed by atoms with E-state index in [1.54, 1.807) is 11.9 Å². The molecule has 0 radical (unpaired) electrons. The average Bonchev–Trinajstić information content (AvgIpc) is 2.68. The number of halogens is 3. The van der Waals surface area contributed by atoms with E-state index in [0.717, 1.165) is 33.9 Å². The standard InChI is InChI=1S/C22H16F3NS/c23-22(24,25)19-12-10-17(11-13-19)21-14-18-8-4-5-9-20(18)26(27-21)15-16-6-2-1-3-7-16/h1-14H,15H2. The zero-order chi connectivity index (χ0) is 18.9. The largest absolute Gasteiger partial charge is 0.416 e. The predicted molar refractivity (Wildman–Crippen MR) is 106 cm³/mol. The van der Waals surface area contributed by atoms with Gasteiger partial charge in [-0.15, -0.1) is 0 Å². The summed E-state index contributed by atoms with van der Waals surface area (Å²) in [7, 11) is 0. The molecule has 3 aromatic carbocycles. The molecule has 1 heterocycles. The number of anilines is 1. The number of fused-ring (bicyclic) bond motifs is 1. The molecular formula is C22H16F3NS. The number of hydrogen-bond donors (Lipinski definition) is 0. The van der Waals surface area contributed by atoms with E-state index in [-0.39, 0.29) is 0 Å². The lowest BCUT2D eigenvalue weighted by Crippen LogP contribution is -2.17. The molecule has 136 valence electrons. The van der Waals surface area contributed by atoms with E-state index in [1.807, 2.05) is 42.5 Å². The van der Waals surface area contributed by atoms with Crippen molar-refractivity contribution in [2.75, 3.05) is 4.31 Å². The van der Waals surface area contributed by atoms with Gasteiger partial charge in [-0.2, -0.15) is 13.2 Å². The molecule has 1 aliphatic rings. The number of nitrogens with zero attached hydrogens (tertiary/aromatic N) is 1. The third kappa shape index (κ3) is 3.88. The summed E-state index contributed by atoms with van der Waals surface area (Å²) in [6.45, 7) is 0.709. The fraction of sp³-hybridized carbons (Fsp3) is 0.0909. The maximum Gasteiger partial charge on any atom is 0.416 e. The van der Waals surface area contributed by atoms with Crippen LogP contribution in [0.1, 0.15) is 22.3 Å². The molecule has 0 unspecified atom stereocenters. The van der Waals surface area contributed by atoms with Gasteiger partial charge in [-0.1, -0.05) is 60.7 Å². The summed E-state index contributed by atoms with van der Waals surface area (Å²) in [6, 6.07) is 23.5. The van der Waals surface area contributed by atoms with Gasteiger partial charge in [0, 0.05) is 4.91 Å². The summed E-state index contributed by atoms with van der Waals surface area (Å²) < 4.78 is 40.7. The lowest BCUT2D eigenvalue weighted by molar-refractivity contribution is -0.137. The Kier molecular flexibility index (Phi) is 4.70. The van der Waals surface area contributed by atoms with Gasteiger partial charge in [-0.05, 0) is 52.9 Å². The van der Waals surface area contributed by atoms with Crippen molar-refractivity contribution in [3.63, 3.8) is 0 Å². The van der Waals surface area contributed by atoms with E-state index in [2.05, 4.69) is 22.5 Å². The molecule has 0 atom stereocenters. The zero-order valence-electron chi connectivity index (χ0n) is 14.3. The van der Waals surface area contributed by atoms with Gasteiger partial charge in [0.2, 0.25) is 0 Å². The Balaban J connectivity index is 1.67. The van der Waals surface area contributed by atoms with Gasteiger partial charge in [0.05, 0.1) is 17.8 Å². The first kappa shape index (κ1) is 17.7. The molecule has 0 aromatic heterocycles. The molecular weight excluding hydrogens is 367 g/mol. The van der Waals surface area contributed by atoms with Crippen LogP contribution in [-0.2, 0) is 12.7 Å². The van der Waals surface area contributed by atoms with Crippen molar-refractivity contribution >= 4 is 28.6 Å².